The standard InChI is InChI=1S/C14H20N2O4/c1-8-3-2-4-9(5-8)14(20)15-6-10-12(18)13(19)11(7-17)16-10/h2-5,10-13,16-19H,6-7H2,1H3,(H,15,20)/t10-,11-,12-,13-/m1/s1. The molecule has 2 rings (SSSR count). The lowest BCUT2D eigenvalue weighted by molar-refractivity contribution is 0.0197. The predicted octanol–water partition coefficient (Wildman–Crippen LogP) is -1.22. The van der Waals surface area contributed by atoms with Crippen LogP contribution in [0.2, 0.25) is 0 Å². The van der Waals surface area contributed by atoms with Gasteiger partial charge in [0.05, 0.1) is 30.9 Å². The third kappa shape index (κ3) is 3.16. The maximum Gasteiger partial charge on any atom is 0.251 e. The van der Waals surface area contributed by atoms with Gasteiger partial charge in [-0.25, -0.2) is 0 Å². The summed E-state index contributed by atoms with van der Waals surface area (Å²) in [5.41, 5.74) is 1.55. The number of carbonyl (C=O) groups excluding carboxylic acids is 1. The molecular weight excluding hydrogens is 260 g/mol. The monoisotopic (exact) mass is 280 g/mol. The van der Waals surface area contributed by atoms with Crippen molar-refractivity contribution in [3.63, 3.8) is 0 Å². The van der Waals surface area contributed by atoms with E-state index in [4.69, 9.17) is 5.11 Å². The van der Waals surface area contributed by atoms with Crippen molar-refractivity contribution in [1.29, 1.82) is 0 Å². The van der Waals surface area contributed by atoms with E-state index in [1.54, 1.807) is 18.2 Å². The topological polar surface area (TPSA) is 102 Å². The molecule has 0 unspecified atom stereocenters. The van der Waals surface area contributed by atoms with Crippen molar-refractivity contribution in [2.75, 3.05) is 13.2 Å². The van der Waals surface area contributed by atoms with Gasteiger partial charge >= 0.3 is 0 Å². The van der Waals surface area contributed by atoms with Crippen molar-refractivity contribution in [3.05, 3.63) is 35.4 Å². The van der Waals surface area contributed by atoms with Crippen LogP contribution in [-0.4, -0.2) is 58.7 Å². The number of hydrogen-bond acceptors (Lipinski definition) is 5. The average Bonchev–Trinajstić information content (AvgIpc) is 2.72. The maximum atomic E-state index is 12.0. The van der Waals surface area contributed by atoms with Crippen LogP contribution in [-0.2, 0) is 0 Å². The molecule has 110 valence electrons. The van der Waals surface area contributed by atoms with E-state index in [-0.39, 0.29) is 19.1 Å². The fourth-order valence-electron chi connectivity index (χ4n) is 2.38. The normalized spacial score (nSPS) is 29.4. The second-order valence-corrected chi connectivity index (χ2v) is 5.12. The third-order valence-corrected chi connectivity index (χ3v) is 3.56. The van der Waals surface area contributed by atoms with E-state index >= 15 is 0 Å². The van der Waals surface area contributed by atoms with Crippen LogP contribution < -0.4 is 10.6 Å². The number of nitrogens with one attached hydrogen (secondary N) is 2. The quantitative estimate of drug-likeness (QED) is 0.476. The molecule has 0 aliphatic carbocycles. The molecule has 1 fully saturated rings. The number of rotatable bonds is 4. The van der Waals surface area contributed by atoms with Gasteiger partial charge in [0.1, 0.15) is 0 Å². The summed E-state index contributed by atoms with van der Waals surface area (Å²) in [5.74, 6) is -0.232. The summed E-state index contributed by atoms with van der Waals surface area (Å²) < 4.78 is 0. The SMILES string of the molecule is Cc1cccc(C(=O)NC[C@H]2N[C@H](CO)[C@@H](O)[C@@H]2O)c1. The third-order valence-electron chi connectivity index (χ3n) is 3.56. The van der Waals surface area contributed by atoms with Gasteiger partial charge in [-0.05, 0) is 19.1 Å². The molecule has 1 aromatic rings. The number of amides is 1. The lowest BCUT2D eigenvalue weighted by Crippen LogP contribution is -2.44. The van der Waals surface area contributed by atoms with Crippen LogP contribution in [0.15, 0.2) is 24.3 Å². The van der Waals surface area contributed by atoms with Crippen LogP contribution in [0.4, 0.5) is 0 Å². The first-order chi connectivity index (χ1) is 9.52. The maximum absolute atomic E-state index is 12.0. The van der Waals surface area contributed by atoms with Crippen molar-refractivity contribution in [2.45, 2.75) is 31.2 Å². The highest BCUT2D eigenvalue weighted by Crippen LogP contribution is 2.14. The van der Waals surface area contributed by atoms with Crippen molar-refractivity contribution in [3.8, 4) is 0 Å². The second kappa shape index (κ2) is 6.32. The second-order valence-electron chi connectivity index (χ2n) is 5.12. The fraction of sp³-hybridized carbons (Fsp3) is 0.500. The Kier molecular flexibility index (Phi) is 4.72. The van der Waals surface area contributed by atoms with Gasteiger partial charge in [0.2, 0.25) is 0 Å². The Morgan fingerprint density at radius 2 is 2.00 bits per heavy atom. The van der Waals surface area contributed by atoms with Crippen molar-refractivity contribution in [1.82, 2.24) is 10.6 Å². The Balaban J connectivity index is 1.91. The Hall–Kier alpha value is -1.47. The molecule has 6 nitrogen and oxygen atoms in total. The molecule has 0 bridgehead atoms. The van der Waals surface area contributed by atoms with E-state index in [9.17, 15) is 15.0 Å². The molecule has 1 aliphatic heterocycles. The number of aryl methyl sites for hydroxylation is 1. The molecule has 20 heavy (non-hydrogen) atoms. The zero-order chi connectivity index (χ0) is 14.7. The molecule has 1 amide bonds. The summed E-state index contributed by atoms with van der Waals surface area (Å²) in [6.07, 6.45) is -2.04. The molecular formula is C14H20N2O4. The Labute approximate surface area is 117 Å². The predicted molar refractivity (Wildman–Crippen MR) is 73.3 cm³/mol. The van der Waals surface area contributed by atoms with E-state index in [1.165, 1.54) is 0 Å². The van der Waals surface area contributed by atoms with Gasteiger partial charge in [-0.2, -0.15) is 0 Å². The Morgan fingerprint density at radius 1 is 1.30 bits per heavy atom. The summed E-state index contributed by atoms with van der Waals surface area (Å²) >= 11 is 0. The minimum Gasteiger partial charge on any atom is -0.395 e. The Morgan fingerprint density at radius 3 is 2.60 bits per heavy atom. The highest BCUT2D eigenvalue weighted by molar-refractivity contribution is 5.94. The van der Waals surface area contributed by atoms with E-state index in [1.807, 2.05) is 13.0 Å². The molecule has 1 aromatic carbocycles. The summed E-state index contributed by atoms with van der Waals surface area (Å²) in [5, 5.41) is 34.1. The molecule has 1 aliphatic rings. The van der Waals surface area contributed by atoms with Crippen LogP contribution in [0.1, 0.15) is 15.9 Å². The van der Waals surface area contributed by atoms with E-state index < -0.39 is 24.3 Å². The van der Waals surface area contributed by atoms with Gasteiger partial charge in [-0.3, -0.25) is 4.79 Å². The summed E-state index contributed by atoms with van der Waals surface area (Å²) in [6.45, 7) is 1.82. The molecule has 5 N–H and O–H groups in total. The molecule has 0 spiro atoms. The number of aliphatic hydroxyl groups excluding tert-OH is 3. The molecule has 0 aromatic heterocycles. The number of carbonyl (C=O) groups is 1. The smallest absolute Gasteiger partial charge is 0.251 e. The lowest BCUT2D eigenvalue weighted by atomic mass is 10.1. The minimum atomic E-state index is -1.03. The zero-order valence-electron chi connectivity index (χ0n) is 11.3. The minimum absolute atomic E-state index is 0.182. The van der Waals surface area contributed by atoms with Crippen LogP contribution in [0.3, 0.4) is 0 Å². The van der Waals surface area contributed by atoms with Crippen molar-refractivity contribution in [2.24, 2.45) is 0 Å². The number of aliphatic hydroxyl groups is 3. The van der Waals surface area contributed by atoms with Crippen molar-refractivity contribution >= 4 is 5.91 Å². The highest BCUT2D eigenvalue weighted by atomic mass is 16.3. The molecule has 0 radical (unpaired) electrons. The zero-order valence-corrected chi connectivity index (χ0v) is 11.3. The average molecular weight is 280 g/mol. The molecule has 1 heterocycles. The van der Waals surface area contributed by atoms with Gasteiger partial charge in [0.15, 0.2) is 0 Å². The first-order valence-electron chi connectivity index (χ1n) is 6.61. The fourth-order valence-corrected chi connectivity index (χ4v) is 2.38. The van der Waals surface area contributed by atoms with Crippen LogP contribution >= 0.6 is 0 Å². The molecule has 4 atom stereocenters. The van der Waals surface area contributed by atoms with Gasteiger partial charge in [0, 0.05) is 12.1 Å². The Bertz CT molecular complexity index is 480. The van der Waals surface area contributed by atoms with Crippen LogP contribution in [0, 0.1) is 6.92 Å². The van der Waals surface area contributed by atoms with Gasteiger partial charge < -0.3 is 26.0 Å². The molecule has 6 heteroatoms. The van der Waals surface area contributed by atoms with Gasteiger partial charge in [-0.1, -0.05) is 17.7 Å². The summed E-state index contributed by atoms with van der Waals surface area (Å²) in [4.78, 5) is 12.0. The first-order valence-corrected chi connectivity index (χ1v) is 6.61. The van der Waals surface area contributed by atoms with Crippen LogP contribution in [0.25, 0.3) is 0 Å². The molecule has 0 saturated carbocycles. The van der Waals surface area contributed by atoms with E-state index in [0.29, 0.717) is 5.56 Å². The van der Waals surface area contributed by atoms with E-state index in [2.05, 4.69) is 10.6 Å². The largest absolute Gasteiger partial charge is 0.395 e. The summed E-state index contributed by atoms with van der Waals surface area (Å²) in [7, 11) is 0. The summed E-state index contributed by atoms with van der Waals surface area (Å²) in [6, 6.07) is 6.16. The lowest BCUT2D eigenvalue weighted by Gasteiger charge is -2.16. The number of benzene rings is 1. The van der Waals surface area contributed by atoms with Crippen LogP contribution in [0.5, 0.6) is 0 Å². The highest BCUT2D eigenvalue weighted by Gasteiger charge is 2.40. The van der Waals surface area contributed by atoms with Gasteiger partial charge in [-0.15, -0.1) is 0 Å². The van der Waals surface area contributed by atoms with E-state index in [0.717, 1.165) is 5.56 Å². The molecule has 1 saturated heterocycles. The van der Waals surface area contributed by atoms with Gasteiger partial charge in [0.25, 0.3) is 5.91 Å². The number of hydrogen-bond donors (Lipinski definition) is 5. The first kappa shape index (κ1) is 14.9. The van der Waals surface area contributed by atoms with Crippen molar-refractivity contribution < 1.29 is 20.1 Å².